The van der Waals surface area contributed by atoms with Crippen LogP contribution < -0.4 is 15.4 Å². The van der Waals surface area contributed by atoms with E-state index in [0.717, 1.165) is 11.4 Å². The summed E-state index contributed by atoms with van der Waals surface area (Å²) in [4.78, 5) is 12.3. The van der Waals surface area contributed by atoms with E-state index in [1.54, 1.807) is 18.2 Å². The van der Waals surface area contributed by atoms with E-state index >= 15 is 0 Å². The highest BCUT2D eigenvalue weighted by Gasteiger charge is 2.15. The number of nitrogens with one attached hydrogen (secondary N) is 2. The highest BCUT2D eigenvalue weighted by atomic mass is 19.3. The van der Waals surface area contributed by atoms with Crippen LogP contribution in [0.25, 0.3) is 0 Å². The van der Waals surface area contributed by atoms with Crippen LogP contribution in [0.3, 0.4) is 0 Å². The van der Waals surface area contributed by atoms with Crippen LogP contribution in [0.1, 0.15) is 10.4 Å². The third-order valence-electron chi connectivity index (χ3n) is 3.55. The Bertz CT molecular complexity index is 868. The fourth-order valence-corrected chi connectivity index (χ4v) is 2.38. The van der Waals surface area contributed by atoms with Gasteiger partial charge in [-0.05, 0) is 48.5 Å². The molecule has 2 N–H and O–H groups in total. The molecule has 0 heterocycles. The van der Waals surface area contributed by atoms with Crippen LogP contribution in [0.15, 0.2) is 78.9 Å². The molecule has 132 valence electrons. The molecule has 0 aliphatic carbocycles. The van der Waals surface area contributed by atoms with Crippen LogP contribution in [0.5, 0.6) is 5.75 Å². The highest BCUT2D eigenvalue weighted by Crippen LogP contribution is 2.23. The number of benzene rings is 3. The molecule has 0 atom stereocenters. The van der Waals surface area contributed by atoms with Crippen molar-refractivity contribution < 1.29 is 18.3 Å². The average Bonchev–Trinajstić information content (AvgIpc) is 2.64. The van der Waals surface area contributed by atoms with Crippen molar-refractivity contribution in [3.8, 4) is 5.75 Å². The van der Waals surface area contributed by atoms with E-state index in [9.17, 15) is 13.6 Å². The molecule has 1 amide bonds. The second-order valence-electron chi connectivity index (χ2n) is 5.40. The van der Waals surface area contributed by atoms with E-state index in [2.05, 4.69) is 15.4 Å². The van der Waals surface area contributed by atoms with Crippen molar-refractivity contribution in [2.45, 2.75) is 6.61 Å². The molecule has 0 saturated heterocycles. The summed E-state index contributed by atoms with van der Waals surface area (Å²) >= 11 is 0. The fourth-order valence-electron chi connectivity index (χ4n) is 2.38. The number of para-hydroxylation sites is 2. The third-order valence-corrected chi connectivity index (χ3v) is 3.55. The number of ether oxygens (including phenoxy) is 1. The first-order valence-corrected chi connectivity index (χ1v) is 7.89. The average molecular weight is 354 g/mol. The number of hydrogen-bond donors (Lipinski definition) is 2. The molecule has 3 aromatic carbocycles. The Labute approximate surface area is 149 Å². The van der Waals surface area contributed by atoms with Gasteiger partial charge in [0.1, 0.15) is 5.75 Å². The van der Waals surface area contributed by atoms with Gasteiger partial charge in [-0.3, -0.25) is 4.79 Å². The molecule has 26 heavy (non-hydrogen) atoms. The molecule has 0 saturated carbocycles. The summed E-state index contributed by atoms with van der Waals surface area (Å²) in [6.07, 6.45) is 0. The van der Waals surface area contributed by atoms with Crippen molar-refractivity contribution in [1.29, 1.82) is 0 Å². The number of carbonyl (C=O) groups is 1. The fraction of sp³-hybridized carbons (Fsp3) is 0.0500. The van der Waals surface area contributed by atoms with Crippen LogP contribution in [-0.2, 0) is 0 Å². The van der Waals surface area contributed by atoms with Crippen molar-refractivity contribution in [1.82, 2.24) is 0 Å². The second kappa shape index (κ2) is 8.11. The molecule has 0 radical (unpaired) electrons. The van der Waals surface area contributed by atoms with Gasteiger partial charge < -0.3 is 15.4 Å². The molecular weight excluding hydrogens is 338 g/mol. The molecule has 0 spiro atoms. The third kappa shape index (κ3) is 4.57. The molecule has 3 aromatic rings. The quantitative estimate of drug-likeness (QED) is 0.633. The van der Waals surface area contributed by atoms with Gasteiger partial charge in [-0.15, -0.1) is 0 Å². The molecule has 3 rings (SSSR count). The molecule has 0 aliphatic rings. The summed E-state index contributed by atoms with van der Waals surface area (Å²) in [5.41, 5.74) is 2.39. The SMILES string of the molecule is O=C(Nc1ccc(Nc2ccccc2)cc1)c1ccccc1OC(F)F. The zero-order valence-corrected chi connectivity index (χ0v) is 13.7. The maximum atomic E-state index is 12.5. The van der Waals surface area contributed by atoms with Crippen molar-refractivity contribution in [2.24, 2.45) is 0 Å². The van der Waals surface area contributed by atoms with Gasteiger partial charge in [0.05, 0.1) is 5.56 Å². The lowest BCUT2D eigenvalue weighted by Gasteiger charge is -2.11. The molecule has 0 fully saturated rings. The predicted octanol–water partition coefficient (Wildman–Crippen LogP) is 5.28. The summed E-state index contributed by atoms with van der Waals surface area (Å²) in [6, 6.07) is 22.6. The van der Waals surface area contributed by atoms with Crippen molar-refractivity contribution in [2.75, 3.05) is 10.6 Å². The molecule has 0 bridgehead atoms. The Kier molecular flexibility index (Phi) is 5.43. The lowest BCUT2D eigenvalue weighted by Crippen LogP contribution is -2.14. The van der Waals surface area contributed by atoms with Crippen LogP contribution >= 0.6 is 0 Å². The topological polar surface area (TPSA) is 50.4 Å². The lowest BCUT2D eigenvalue weighted by molar-refractivity contribution is -0.0501. The number of rotatable bonds is 6. The minimum Gasteiger partial charge on any atom is -0.434 e. The predicted molar refractivity (Wildman–Crippen MR) is 97.2 cm³/mol. The van der Waals surface area contributed by atoms with Gasteiger partial charge in [0.15, 0.2) is 0 Å². The van der Waals surface area contributed by atoms with Gasteiger partial charge in [0.2, 0.25) is 0 Å². The highest BCUT2D eigenvalue weighted by molar-refractivity contribution is 6.06. The Morgan fingerprint density at radius 3 is 2.04 bits per heavy atom. The monoisotopic (exact) mass is 354 g/mol. The first kappa shape index (κ1) is 17.4. The van der Waals surface area contributed by atoms with E-state index in [1.165, 1.54) is 18.2 Å². The second-order valence-corrected chi connectivity index (χ2v) is 5.40. The molecule has 6 heteroatoms. The van der Waals surface area contributed by atoms with Gasteiger partial charge >= 0.3 is 6.61 Å². The van der Waals surface area contributed by atoms with Crippen LogP contribution in [0, 0.1) is 0 Å². The Hall–Kier alpha value is -3.41. The van der Waals surface area contributed by atoms with E-state index < -0.39 is 12.5 Å². The van der Waals surface area contributed by atoms with Crippen molar-refractivity contribution >= 4 is 23.0 Å². The standard InChI is InChI=1S/C20H16F2N2O2/c21-20(22)26-18-9-5-4-8-17(18)19(25)24-16-12-10-15(11-13-16)23-14-6-2-1-3-7-14/h1-13,20,23H,(H,24,25). The Morgan fingerprint density at radius 1 is 0.769 bits per heavy atom. The van der Waals surface area contributed by atoms with E-state index in [1.807, 2.05) is 42.5 Å². The van der Waals surface area contributed by atoms with Crippen LogP contribution in [0.2, 0.25) is 0 Å². The minimum atomic E-state index is -2.99. The Morgan fingerprint density at radius 2 is 1.35 bits per heavy atom. The summed E-state index contributed by atoms with van der Waals surface area (Å²) in [7, 11) is 0. The van der Waals surface area contributed by atoms with Crippen LogP contribution in [-0.4, -0.2) is 12.5 Å². The molecule has 0 aromatic heterocycles. The van der Waals surface area contributed by atoms with Gasteiger partial charge in [-0.25, -0.2) is 0 Å². The summed E-state index contributed by atoms with van der Waals surface area (Å²) in [6.45, 7) is -2.99. The zero-order valence-electron chi connectivity index (χ0n) is 13.7. The van der Waals surface area contributed by atoms with Crippen molar-refractivity contribution in [3.05, 3.63) is 84.4 Å². The van der Waals surface area contributed by atoms with Crippen LogP contribution in [0.4, 0.5) is 25.8 Å². The molecular formula is C20H16F2N2O2. The smallest absolute Gasteiger partial charge is 0.387 e. The van der Waals surface area contributed by atoms with Gasteiger partial charge in [0.25, 0.3) is 5.91 Å². The first-order chi connectivity index (χ1) is 12.6. The van der Waals surface area contributed by atoms with E-state index in [-0.39, 0.29) is 11.3 Å². The molecule has 0 aliphatic heterocycles. The number of hydrogen-bond acceptors (Lipinski definition) is 3. The maximum Gasteiger partial charge on any atom is 0.387 e. The van der Waals surface area contributed by atoms with Gasteiger partial charge in [-0.2, -0.15) is 8.78 Å². The first-order valence-electron chi connectivity index (χ1n) is 7.89. The Balaban J connectivity index is 1.68. The largest absolute Gasteiger partial charge is 0.434 e. The number of alkyl halides is 2. The summed E-state index contributed by atoms with van der Waals surface area (Å²) in [5, 5.41) is 5.90. The minimum absolute atomic E-state index is 0.0410. The lowest BCUT2D eigenvalue weighted by atomic mass is 10.2. The summed E-state index contributed by atoms with van der Waals surface area (Å²) < 4.78 is 29.3. The number of carbonyl (C=O) groups excluding carboxylic acids is 1. The number of amides is 1. The zero-order chi connectivity index (χ0) is 18.4. The van der Waals surface area contributed by atoms with Gasteiger partial charge in [-0.1, -0.05) is 30.3 Å². The number of anilines is 3. The number of halogens is 2. The summed E-state index contributed by atoms with van der Waals surface area (Å²) in [5.74, 6) is -0.688. The molecule has 0 unspecified atom stereocenters. The maximum absolute atomic E-state index is 12.5. The van der Waals surface area contributed by atoms with Gasteiger partial charge in [0, 0.05) is 17.1 Å². The van der Waals surface area contributed by atoms with E-state index in [0.29, 0.717) is 5.69 Å². The normalized spacial score (nSPS) is 10.4. The van der Waals surface area contributed by atoms with Crippen molar-refractivity contribution in [3.63, 3.8) is 0 Å². The molecule has 4 nitrogen and oxygen atoms in total. The van der Waals surface area contributed by atoms with E-state index in [4.69, 9.17) is 0 Å².